The minimum Gasteiger partial charge on any atom is -0.395 e. The van der Waals surface area contributed by atoms with Gasteiger partial charge in [-0.05, 0) is 43.5 Å². The van der Waals surface area contributed by atoms with Crippen LogP contribution in [0.2, 0.25) is 0 Å². The predicted molar refractivity (Wildman–Crippen MR) is 73.8 cm³/mol. The predicted octanol–water partition coefficient (Wildman–Crippen LogP) is 2.34. The highest BCUT2D eigenvalue weighted by molar-refractivity contribution is 5.83. The number of para-hydroxylation sites is 1. The summed E-state index contributed by atoms with van der Waals surface area (Å²) in [5, 5.41) is 10.3. The third kappa shape index (κ3) is 2.16. The Bertz CT molecular complexity index is 512. The van der Waals surface area contributed by atoms with Crippen molar-refractivity contribution in [2.75, 3.05) is 26.2 Å². The van der Waals surface area contributed by atoms with Gasteiger partial charge in [0.25, 0.3) is 0 Å². The van der Waals surface area contributed by atoms with Gasteiger partial charge in [0.2, 0.25) is 0 Å². The number of rotatable bonds is 3. The number of aliphatic hydroxyl groups is 1. The molecule has 0 radical (unpaired) electrons. The largest absolute Gasteiger partial charge is 0.395 e. The summed E-state index contributed by atoms with van der Waals surface area (Å²) < 4.78 is 0. The van der Waals surface area contributed by atoms with Gasteiger partial charge >= 0.3 is 0 Å². The highest BCUT2D eigenvalue weighted by Crippen LogP contribution is 2.32. The molecule has 2 N–H and O–H groups in total. The number of aromatic nitrogens is 1. The second-order valence-corrected chi connectivity index (χ2v) is 5.13. The molecule has 3 nitrogen and oxygen atoms in total. The van der Waals surface area contributed by atoms with Gasteiger partial charge in [0, 0.05) is 23.6 Å². The van der Waals surface area contributed by atoms with Crippen LogP contribution in [0, 0.1) is 0 Å². The van der Waals surface area contributed by atoms with Crippen LogP contribution in [-0.2, 0) is 0 Å². The molecule has 1 aliphatic rings. The lowest BCUT2D eigenvalue weighted by Crippen LogP contribution is -2.34. The van der Waals surface area contributed by atoms with Crippen molar-refractivity contribution in [3.05, 3.63) is 36.0 Å². The Balaban J connectivity index is 1.76. The fourth-order valence-electron chi connectivity index (χ4n) is 3.04. The van der Waals surface area contributed by atoms with Gasteiger partial charge in [-0.3, -0.25) is 0 Å². The van der Waals surface area contributed by atoms with Crippen molar-refractivity contribution >= 4 is 10.9 Å². The first-order chi connectivity index (χ1) is 8.88. The van der Waals surface area contributed by atoms with Gasteiger partial charge in [-0.2, -0.15) is 0 Å². The number of aromatic amines is 1. The Morgan fingerprint density at radius 1 is 1.22 bits per heavy atom. The van der Waals surface area contributed by atoms with Crippen LogP contribution in [0.15, 0.2) is 30.5 Å². The van der Waals surface area contributed by atoms with E-state index in [1.54, 1.807) is 0 Å². The maximum Gasteiger partial charge on any atom is 0.0558 e. The lowest BCUT2D eigenvalue weighted by molar-refractivity contribution is 0.164. The summed E-state index contributed by atoms with van der Waals surface area (Å²) in [4.78, 5) is 5.72. The first-order valence-corrected chi connectivity index (χ1v) is 6.77. The van der Waals surface area contributed by atoms with Crippen LogP contribution in [0.3, 0.4) is 0 Å². The monoisotopic (exact) mass is 244 g/mol. The molecule has 2 aromatic rings. The van der Waals surface area contributed by atoms with E-state index < -0.39 is 0 Å². The molecule has 3 heteroatoms. The Labute approximate surface area is 107 Å². The first kappa shape index (κ1) is 11.8. The summed E-state index contributed by atoms with van der Waals surface area (Å²) in [5.74, 6) is 0.663. The molecule has 0 aliphatic carbocycles. The van der Waals surface area contributed by atoms with Crippen molar-refractivity contribution in [3.8, 4) is 0 Å². The normalized spacial score (nSPS) is 18.5. The summed E-state index contributed by atoms with van der Waals surface area (Å²) in [6.07, 6.45) is 4.57. The summed E-state index contributed by atoms with van der Waals surface area (Å²) in [5.41, 5.74) is 2.71. The van der Waals surface area contributed by atoms with Crippen LogP contribution in [0.25, 0.3) is 10.9 Å². The van der Waals surface area contributed by atoms with Crippen molar-refractivity contribution in [1.29, 1.82) is 0 Å². The number of benzene rings is 1. The minimum atomic E-state index is 0.276. The van der Waals surface area contributed by atoms with E-state index in [-0.39, 0.29) is 6.61 Å². The third-order valence-electron chi connectivity index (χ3n) is 4.06. The molecular formula is C15H20N2O. The third-order valence-corrected chi connectivity index (χ3v) is 4.06. The zero-order valence-electron chi connectivity index (χ0n) is 10.6. The maximum absolute atomic E-state index is 8.96. The second-order valence-electron chi connectivity index (χ2n) is 5.13. The molecule has 2 heterocycles. The highest BCUT2D eigenvalue weighted by atomic mass is 16.3. The SMILES string of the molecule is OCCN1CCC(c2c[nH]c3ccccc23)CC1. The van der Waals surface area contributed by atoms with Gasteiger partial charge in [-0.25, -0.2) is 0 Å². The summed E-state index contributed by atoms with van der Waals surface area (Å²) >= 11 is 0. The highest BCUT2D eigenvalue weighted by Gasteiger charge is 2.22. The number of nitrogens with one attached hydrogen (secondary N) is 1. The van der Waals surface area contributed by atoms with E-state index in [0.717, 1.165) is 19.6 Å². The smallest absolute Gasteiger partial charge is 0.0558 e. The molecule has 0 unspecified atom stereocenters. The maximum atomic E-state index is 8.96. The van der Waals surface area contributed by atoms with E-state index in [1.807, 2.05) is 0 Å². The molecular weight excluding hydrogens is 224 g/mol. The number of H-pyrrole nitrogens is 1. The number of fused-ring (bicyclic) bond motifs is 1. The van der Waals surface area contributed by atoms with E-state index in [2.05, 4.69) is 40.3 Å². The number of aliphatic hydroxyl groups excluding tert-OH is 1. The van der Waals surface area contributed by atoms with E-state index in [0.29, 0.717) is 5.92 Å². The standard InChI is InChI=1S/C15H20N2O/c18-10-9-17-7-5-12(6-8-17)14-11-16-15-4-2-1-3-13(14)15/h1-4,11-12,16,18H,5-10H2. The van der Waals surface area contributed by atoms with Crippen LogP contribution in [0.1, 0.15) is 24.3 Å². The van der Waals surface area contributed by atoms with Crippen LogP contribution in [-0.4, -0.2) is 41.2 Å². The fraction of sp³-hybridized carbons (Fsp3) is 0.467. The average Bonchev–Trinajstić information content (AvgIpc) is 2.84. The number of piperidine rings is 1. The summed E-state index contributed by atoms with van der Waals surface area (Å²) in [6, 6.07) is 8.54. The Morgan fingerprint density at radius 3 is 2.78 bits per heavy atom. The average molecular weight is 244 g/mol. The zero-order valence-corrected chi connectivity index (χ0v) is 10.6. The van der Waals surface area contributed by atoms with Crippen LogP contribution >= 0.6 is 0 Å². The number of nitrogens with zero attached hydrogens (tertiary/aromatic N) is 1. The molecule has 0 amide bonds. The molecule has 0 atom stereocenters. The van der Waals surface area contributed by atoms with Crippen LogP contribution in [0.4, 0.5) is 0 Å². The molecule has 18 heavy (non-hydrogen) atoms. The van der Waals surface area contributed by atoms with E-state index in [1.165, 1.54) is 29.3 Å². The Morgan fingerprint density at radius 2 is 2.00 bits per heavy atom. The van der Waals surface area contributed by atoms with Crippen molar-refractivity contribution < 1.29 is 5.11 Å². The van der Waals surface area contributed by atoms with Crippen LogP contribution in [0.5, 0.6) is 0 Å². The van der Waals surface area contributed by atoms with Crippen molar-refractivity contribution in [1.82, 2.24) is 9.88 Å². The molecule has 0 saturated carbocycles. The van der Waals surface area contributed by atoms with E-state index >= 15 is 0 Å². The van der Waals surface area contributed by atoms with Gasteiger partial charge in [0.05, 0.1) is 6.61 Å². The Kier molecular flexibility index (Phi) is 3.35. The topological polar surface area (TPSA) is 39.3 Å². The fourth-order valence-corrected chi connectivity index (χ4v) is 3.04. The van der Waals surface area contributed by atoms with Crippen LogP contribution < -0.4 is 0 Å². The molecule has 1 aliphatic heterocycles. The number of β-amino-alcohol motifs (C(OH)–C–C–N with tert-alkyl or cyclic N) is 1. The quantitative estimate of drug-likeness (QED) is 0.870. The minimum absolute atomic E-state index is 0.276. The lowest BCUT2D eigenvalue weighted by Gasteiger charge is -2.31. The molecule has 1 aromatic heterocycles. The second kappa shape index (κ2) is 5.12. The molecule has 1 saturated heterocycles. The van der Waals surface area contributed by atoms with Crippen molar-refractivity contribution in [2.45, 2.75) is 18.8 Å². The van der Waals surface area contributed by atoms with Crippen molar-refractivity contribution in [3.63, 3.8) is 0 Å². The van der Waals surface area contributed by atoms with E-state index in [4.69, 9.17) is 5.11 Å². The molecule has 1 aromatic carbocycles. The summed E-state index contributed by atoms with van der Waals surface area (Å²) in [7, 11) is 0. The van der Waals surface area contributed by atoms with Gasteiger partial charge < -0.3 is 15.0 Å². The molecule has 3 rings (SSSR count). The molecule has 0 spiro atoms. The lowest BCUT2D eigenvalue weighted by atomic mass is 9.89. The number of hydrogen-bond acceptors (Lipinski definition) is 2. The summed E-state index contributed by atoms with van der Waals surface area (Å²) in [6.45, 7) is 3.30. The number of hydrogen-bond donors (Lipinski definition) is 2. The van der Waals surface area contributed by atoms with Crippen molar-refractivity contribution in [2.24, 2.45) is 0 Å². The molecule has 96 valence electrons. The molecule has 1 fully saturated rings. The zero-order chi connectivity index (χ0) is 12.4. The van der Waals surface area contributed by atoms with Gasteiger partial charge in [0.1, 0.15) is 0 Å². The van der Waals surface area contributed by atoms with Gasteiger partial charge in [-0.15, -0.1) is 0 Å². The Hall–Kier alpha value is -1.32. The molecule has 0 bridgehead atoms. The van der Waals surface area contributed by atoms with Gasteiger partial charge in [-0.1, -0.05) is 18.2 Å². The van der Waals surface area contributed by atoms with Gasteiger partial charge in [0.15, 0.2) is 0 Å². The first-order valence-electron chi connectivity index (χ1n) is 6.77. The van der Waals surface area contributed by atoms with E-state index in [9.17, 15) is 0 Å². The number of likely N-dealkylation sites (tertiary alicyclic amines) is 1.